The van der Waals surface area contributed by atoms with Gasteiger partial charge in [-0.2, -0.15) is 0 Å². The predicted octanol–water partition coefficient (Wildman–Crippen LogP) is 5.45. The van der Waals surface area contributed by atoms with Crippen molar-refractivity contribution in [3.8, 4) is 5.75 Å². The maximum atomic E-state index is 12.8. The molecule has 0 aliphatic rings. The second-order valence-corrected chi connectivity index (χ2v) is 12.5. The molecule has 4 N–H and O–H groups in total. The lowest BCUT2D eigenvalue weighted by molar-refractivity contribution is -0.159. The SMILES string of the molecule is CC(C[C@H](Cc1ccc(O)c(NC(=O)C(C)NC(=O)OCc2ccccc2)c1)NC(=O)OC(C)(C)C)C(=O)OC(C)(C)C. The number of carbonyl (C=O) groups is 4. The van der Waals surface area contributed by atoms with Crippen molar-refractivity contribution in [2.75, 3.05) is 5.32 Å². The first kappa shape index (κ1) is 34.9. The minimum absolute atomic E-state index is 0.0505. The Hall–Kier alpha value is -4.28. The Labute approximate surface area is 253 Å². The molecule has 236 valence electrons. The van der Waals surface area contributed by atoms with Crippen molar-refractivity contribution in [3.63, 3.8) is 0 Å². The number of amides is 3. The molecule has 3 amide bonds. The van der Waals surface area contributed by atoms with Crippen molar-refractivity contribution < 1.29 is 38.5 Å². The monoisotopic (exact) mass is 599 g/mol. The summed E-state index contributed by atoms with van der Waals surface area (Å²) in [5.41, 5.74) is 0.198. The maximum absolute atomic E-state index is 12.8. The molecule has 3 atom stereocenters. The molecule has 0 fully saturated rings. The number of alkyl carbamates (subject to hydrolysis) is 2. The van der Waals surface area contributed by atoms with Crippen LogP contribution in [0.3, 0.4) is 0 Å². The van der Waals surface area contributed by atoms with Crippen LogP contribution in [0.4, 0.5) is 15.3 Å². The summed E-state index contributed by atoms with van der Waals surface area (Å²) in [6.45, 7) is 13.8. The first-order valence-electron chi connectivity index (χ1n) is 14.2. The van der Waals surface area contributed by atoms with E-state index in [-0.39, 0.29) is 30.9 Å². The summed E-state index contributed by atoms with van der Waals surface area (Å²) in [4.78, 5) is 50.2. The molecule has 0 saturated heterocycles. The Balaban J connectivity index is 2.09. The molecule has 0 aliphatic heterocycles. The van der Waals surface area contributed by atoms with Crippen molar-refractivity contribution in [3.05, 3.63) is 59.7 Å². The lowest BCUT2D eigenvalue weighted by Crippen LogP contribution is -2.42. The number of esters is 1. The number of benzene rings is 2. The third-order valence-electron chi connectivity index (χ3n) is 5.91. The molecular weight excluding hydrogens is 554 g/mol. The van der Waals surface area contributed by atoms with Gasteiger partial charge in [0.05, 0.1) is 11.6 Å². The lowest BCUT2D eigenvalue weighted by Gasteiger charge is -2.27. The number of aromatic hydroxyl groups is 1. The number of ether oxygens (including phenoxy) is 3. The van der Waals surface area contributed by atoms with Crippen LogP contribution < -0.4 is 16.0 Å². The third kappa shape index (κ3) is 13.5. The van der Waals surface area contributed by atoms with Crippen LogP contribution in [0.2, 0.25) is 0 Å². The van der Waals surface area contributed by atoms with Crippen LogP contribution in [-0.4, -0.2) is 52.5 Å². The number of anilines is 1. The van der Waals surface area contributed by atoms with Gasteiger partial charge in [0.1, 0.15) is 29.6 Å². The van der Waals surface area contributed by atoms with Gasteiger partial charge in [0.15, 0.2) is 0 Å². The molecule has 43 heavy (non-hydrogen) atoms. The van der Waals surface area contributed by atoms with Gasteiger partial charge >= 0.3 is 18.2 Å². The van der Waals surface area contributed by atoms with Crippen molar-refractivity contribution >= 4 is 29.8 Å². The Kier molecular flexibility index (Phi) is 12.4. The van der Waals surface area contributed by atoms with Gasteiger partial charge in [-0.05, 0) is 84.6 Å². The second kappa shape index (κ2) is 15.3. The summed E-state index contributed by atoms with van der Waals surface area (Å²) in [6.07, 6.45) is -0.891. The van der Waals surface area contributed by atoms with Crippen LogP contribution >= 0.6 is 0 Å². The number of hydrogen-bond donors (Lipinski definition) is 4. The number of rotatable bonds is 11. The van der Waals surface area contributed by atoms with Gasteiger partial charge in [0, 0.05) is 6.04 Å². The molecule has 0 radical (unpaired) electrons. The summed E-state index contributed by atoms with van der Waals surface area (Å²) in [5.74, 6) is -1.70. The van der Waals surface area contributed by atoms with E-state index in [1.807, 2.05) is 30.3 Å². The fourth-order valence-corrected chi connectivity index (χ4v) is 3.94. The number of phenols is 1. The first-order valence-corrected chi connectivity index (χ1v) is 14.2. The number of carbonyl (C=O) groups excluding carboxylic acids is 4. The Bertz CT molecular complexity index is 1250. The summed E-state index contributed by atoms with van der Waals surface area (Å²) >= 11 is 0. The van der Waals surface area contributed by atoms with Gasteiger partial charge in [-0.15, -0.1) is 0 Å². The van der Waals surface area contributed by atoms with Gasteiger partial charge in [0.25, 0.3) is 0 Å². The molecule has 2 aromatic carbocycles. The molecule has 11 heteroatoms. The smallest absolute Gasteiger partial charge is 0.408 e. The molecule has 2 rings (SSSR count). The van der Waals surface area contributed by atoms with Crippen molar-refractivity contribution in [2.45, 2.75) is 98.1 Å². The van der Waals surface area contributed by atoms with E-state index in [0.717, 1.165) is 5.56 Å². The van der Waals surface area contributed by atoms with E-state index in [2.05, 4.69) is 16.0 Å². The van der Waals surface area contributed by atoms with Crippen molar-refractivity contribution in [1.29, 1.82) is 0 Å². The molecule has 0 saturated carbocycles. The largest absolute Gasteiger partial charge is 0.506 e. The van der Waals surface area contributed by atoms with E-state index < -0.39 is 53.3 Å². The molecule has 2 aromatic rings. The van der Waals surface area contributed by atoms with E-state index in [4.69, 9.17) is 14.2 Å². The van der Waals surface area contributed by atoms with Crippen LogP contribution in [0.1, 0.15) is 72.9 Å². The van der Waals surface area contributed by atoms with Gasteiger partial charge in [-0.25, -0.2) is 9.59 Å². The average Bonchev–Trinajstić information content (AvgIpc) is 2.87. The summed E-state index contributed by atoms with van der Waals surface area (Å²) in [5, 5.41) is 18.3. The average molecular weight is 600 g/mol. The fraction of sp³-hybridized carbons (Fsp3) is 0.500. The minimum Gasteiger partial charge on any atom is -0.506 e. The van der Waals surface area contributed by atoms with Gasteiger partial charge in [-0.1, -0.05) is 43.3 Å². The van der Waals surface area contributed by atoms with Gasteiger partial charge in [-0.3, -0.25) is 9.59 Å². The van der Waals surface area contributed by atoms with Crippen LogP contribution in [0.5, 0.6) is 5.75 Å². The number of hydrogen-bond acceptors (Lipinski definition) is 8. The minimum atomic E-state index is -0.970. The van der Waals surface area contributed by atoms with E-state index >= 15 is 0 Å². The highest BCUT2D eigenvalue weighted by Gasteiger charge is 2.27. The zero-order valence-electron chi connectivity index (χ0n) is 26.3. The molecule has 0 spiro atoms. The highest BCUT2D eigenvalue weighted by Crippen LogP contribution is 2.26. The zero-order valence-corrected chi connectivity index (χ0v) is 26.3. The topological polar surface area (TPSA) is 152 Å². The quantitative estimate of drug-likeness (QED) is 0.151. The highest BCUT2D eigenvalue weighted by atomic mass is 16.6. The summed E-state index contributed by atoms with van der Waals surface area (Å²) in [7, 11) is 0. The standard InChI is InChI=1S/C32H45N3O8/c1-20(28(38)42-31(3,4)5)16-24(34-30(40)43-32(6,7)8)17-23-14-15-26(36)25(18-23)35-27(37)21(2)33-29(39)41-19-22-12-10-9-11-13-22/h9-15,18,20-21,24,36H,16-17,19H2,1-8H3,(H,33,39)(H,34,40)(H,35,37)/t20?,21?,24-/m1/s1. The molecular formula is C32H45N3O8. The maximum Gasteiger partial charge on any atom is 0.408 e. The van der Waals surface area contributed by atoms with Gasteiger partial charge in [0.2, 0.25) is 5.91 Å². The summed E-state index contributed by atoms with van der Waals surface area (Å²) in [6, 6.07) is 12.2. The normalized spacial score (nSPS) is 13.6. The molecule has 0 bridgehead atoms. The van der Waals surface area contributed by atoms with E-state index in [9.17, 15) is 24.3 Å². The van der Waals surface area contributed by atoms with Crippen molar-refractivity contribution in [2.24, 2.45) is 5.92 Å². The van der Waals surface area contributed by atoms with Crippen LogP contribution in [0.15, 0.2) is 48.5 Å². The summed E-state index contributed by atoms with van der Waals surface area (Å²) < 4.78 is 16.1. The predicted molar refractivity (Wildman–Crippen MR) is 162 cm³/mol. The number of nitrogens with one attached hydrogen (secondary N) is 3. The lowest BCUT2D eigenvalue weighted by atomic mass is 9.95. The first-order chi connectivity index (χ1) is 19.9. The second-order valence-electron chi connectivity index (χ2n) is 12.5. The highest BCUT2D eigenvalue weighted by molar-refractivity contribution is 5.97. The fourth-order valence-electron chi connectivity index (χ4n) is 3.94. The third-order valence-corrected chi connectivity index (χ3v) is 5.91. The molecule has 0 aliphatic carbocycles. The van der Waals surface area contributed by atoms with Crippen LogP contribution in [0.25, 0.3) is 0 Å². The van der Waals surface area contributed by atoms with E-state index in [1.54, 1.807) is 60.6 Å². The molecule has 11 nitrogen and oxygen atoms in total. The molecule has 2 unspecified atom stereocenters. The van der Waals surface area contributed by atoms with Crippen LogP contribution in [-0.2, 0) is 36.8 Å². The molecule has 0 aromatic heterocycles. The Morgan fingerprint density at radius 1 is 0.814 bits per heavy atom. The van der Waals surface area contributed by atoms with Crippen LogP contribution in [0, 0.1) is 5.92 Å². The van der Waals surface area contributed by atoms with Crippen molar-refractivity contribution in [1.82, 2.24) is 10.6 Å². The Morgan fingerprint density at radius 2 is 1.44 bits per heavy atom. The Morgan fingerprint density at radius 3 is 2.05 bits per heavy atom. The number of phenolic OH excluding ortho intramolecular Hbond substituents is 1. The van der Waals surface area contributed by atoms with E-state index in [1.165, 1.54) is 13.0 Å². The molecule has 0 heterocycles. The van der Waals surface area contributed by atoms with E-state index in [0.29, 0.717) is 5.56 Å². The van der Waals surface area contributed by atoms with Gasteiger partial charge < -0.3 is 35.3 Å². The zero-order chi connectivity index (χ0) is 32.4.